The minimum atomic E-state index is -0.471. The van der Waals surface area contributed by atoms with Crippen molar-refractivity contribution in [2.75, 3.05) is 6.54 Å². The number of ether oxygens (including phenoxy) is 1. The van der Waals surface area contributed by atoms with Crippen LogP contribution in [-0.4, -0.2) is 24.6 Å². The van der Waals surface area contributed by atoms with Crippen LogP contribution in [-0.2, 0) is 4.79 Å². The van der Waals surface area contributed by atoms with Gasteiger partial charge in [-0.1, -0.05) is 19.1 Å². The summed E-state index contributed by atoms with van der Waals surface area (Å²) < 4.78 is 5.70. The molecule has 0 fully saturated rings. The lowest BCUT2D eigenvalue weighted by molar-refractivity contribution is -0.128. The lowest BCUT2D eigenvalue weighted by Crippen LogP contribution is -2.45. The van der Waals surface area contributed by atoms with Crippen LogP contribution in [0.5, 0.6) is 5.75 Å². The molecule has 0 bridgehead atoms. The summed E-state index contributed by atoms with van der Waals surface area (Å²) in [6.07, 6.45) is 0.151. The van der Waals surface area contributed by atoms with E-state index in [-0.39, 0.29) is 24.4 Å². The third-order valence-corrected chi connectivity index (χ3v) is 2.67. The molecule has 1 amide bonds. The van der Waals surface area contributed by atoms with E-state index in [4.69, 9.17) is 10.5 Å². The van der Waals surface area contributed by atoms with Gasteiger partial charge in [0.25, 0.3) is 5.91 Å². The van der Waals surface area contributed by atoms with Crippen molar-refractivity contribution in [2.45, 2.75) is 39.3 Å². The van der Waals surface area contributed by atoms with Crippen LogP contribution in [0.2, 0.25) is 0 Å². The highest BCUT2D eigenvalue weighted by atomic mass is 35.5. The smallest absolute Gasteiger partial charge is 0.261 e. The van der Waals surface area contributed by atoms with Gasteiger partial charge in [-0.2, -0.15) is 0 Å². The zero-order valence-electron chi connectivity index (χ0n) is 11.7. The standard InChI is InChI=1S/C14H22N2O2.ClH/c1-4-13(14(17)16-11(3)9-15)18-12-7-5-6-10(2)8-12;/h5-8,11,13H,4,9,15H2,1-3H3,(H,16,17);1H/t11-,13?;/m0./s1. The number of hydrogen-bond acceptors (Lipinski definition) is 3. The van der Waals surface area contributed by atoms with Gasteiger partial charge in [-0.05, 0) is 38.0 Å². The van der Waals surface area contributed by atoms with E-state index in [9.17, 15) is 4.79 Å². The van der Waals surface area contributed by atoms with Gasteiger partial charge < -0.3 is 15.8 Å². The Kier molecular flexibility index (Phi) is 8.19. The van der Waals surface area contributed by atoms with Crippen LogP contribution in [0.25, 0.3) is 0 Å². The van der Waals surface area contributed by atoms with E-state index >= 15 is 0 Å². The second-order valence-corrected chi connectivity index (χ2v) is 4.48. The summed E-state index contributed by atoms with van der Waals surface area (Å²) in [5.74, 6) is 0.606. The molecule has 0 aliphatic heterocycles. The van der Waals surface area contributed by atoms with E-state index in [1.807, 2.05) is 45.0 Å². The number of hydrogen-bond donors (Lipinski definition) is 2. The Morgan fingerprint density at radius 2 is 2.16 bits per heavy atom. The maximum atomic E-state index is 11.9. The number of carbonyl (C=O) groups excluding carboxylic acids is 1. The number of aryl methyl sites for hydroxylation is 1. The zero-order chi connectivity index (χ0) is 13.5. The van der Waals surface area contributed by atoms with E-state index in [0.717, 1.165) is 11.3 Å². The summed E-state index contributed by atoms with van der Waals surface area (Å²) in [6.45, 7) is 6.21. The van der Waals surface area contributed by atoms with Crippen molar-refractivity contribution in [3.8, 4) is 5.75 Å². The number of benzene rings is 1. The molecule has 1 aromatic carbocycles. The van der Waals surface area contributed by atoms with Crippen LogP contribution < -0.4 is 15.8 Å². The highest BCUT2D eigenvalue weighted by Gasteiger charge is 2.19. The van der Waals surface area contributed by atoms with Gasteiger partial charge >= 0.3 is 0 Å². The summed E-state index contributed by atoms with van der Waals surface area (Å²) in [5.41, 5.74) is 6.59. The van der Waals surface area contributed by atoms with Gasteiger partial charge in [-0.25, -0.2) is 0 Å². The Morgan fingerprint density at radius 1 is 1.47 bits per heavy atom. The number of amides is 1. The van der Waals surface area contributed by atoms with Crippen molar-refractivity contribution in [1.29, 1.82) is 0 Å². The Bertz CT molecular complexity index is 399. The van der Waals surface area contributed by atoms with Crippen LogP contribution in [0, 0.1) is 6.92 Å². The Morgan fingerprint density at radius 3 is 2.68 bits per heavy atom. The molecule has 1 aromatic rings. The minimum absolute atomic E-state index is 0. The monoisotopic (exact) mass is 286 g/mol. The first kappa shape index (κ1) is 17.7. The van der Waals surface area contributed by atoms with Crippen molar-refractivity contribution in [1.82, 2.24) is 5.32 Å². The largest absolute Gasteiger partial charge is 0.481 e. The van der Waals surface area contributed by atoms with Crippen molar-refractivity contribution in [3.63, 3.8) is 0 Å². The molecule has 2 atom stereocenters. The first-order valence-electron chi connectivity index (χ1n) is 6.30. The third-order valence-electron chi connectivity index (χ3n) is 2.67. The van der Waals surface area contributed by atoms with Gasteiger partial charge in [0, 0.05) is 12.6 Å². The second kappa shape index (κ2) is 8.77. The van der Waals surface area contributed by atoms with Crippen LogP contribution in [0.4, 0.5) is 0 Å². The number of nitrogens with two attached hydrogens (primary N) is 1. The van der Waals surface area contributed by atoms with Crippen molar-refractivity contribution in [3.05, 3.63) is 29.8 Å². The average molecular weight is 287 g/mol. The molecular formula is C14H23ClN2O2. The topological polar surface area (TPSA) is 64.3 Å². The Labute approximate surface area is 121 Å². The molecule has 5 heteroatoms. The van der Waals surface area contributed by atoms with Crippen molar-refractivity contribution >= 4 is 18.3 Å². The fourth-order valence-electron chi connectivity index (χ4n) is 1.57. The first-order chi connectivity index (χ1) is 8.56. The normalized spacial score (nSPS) is 13.1. The van der Waals surface area contributed by atoms with Crippen molar-refractivity contribution in [2.24, 2.45) is 5.73 Å². The van der Waals surface area contributed by atoms with Gasteiger partial charge in [-0.3, -0.25) is 4.79 Å². The fourth-order valence-corrected chi connectivity index (χ4v) is 1.57. The summed E-state index contributed by atoms with van der Waals surface area (Å²) >= 11 is 0. The number of rotatable bonds is 6. The summed E-state index contributed by atoms with van der Waals surface area (Å²) in [6, 6.07) is 7.65. The van der Waals surface area contributed by atoms with Crippen LogP contribution in [0.3, 0.4) is 0 Å². The molecule has 19 heavy (non-hydrogen) atoms. The van der Waals surface area contributed by atoms with E-state index in [1.54, 1.807) is 0 Å². The highest BCUT2D eigenvalue weighted by molar-refractivity contribution is 5.85. The van der Waals surface area contributed by atoms with E-state index in [0.29, 0.717) is 13.0 Å². The van der Waals surface area contributed by atoms with Gasteiger partial charge in [0.2, 0.25) is 0 Å². The molecular weight excluding hydrogens is 264 g/mol. The highest BCUT2D eigenvalue weighted by Crippen LogP contribution is 2.15. The minimum Gasteiger partial charge on any atom is -0.481 e. The van der Waals surface area contributed by atoms with Crippen LogP contribution in [0.1, 0.15) is 25.8 Å². The van der Waals surface area contributed by atoms with E-state index in [1.165, 1.54) is 0 Å². The molecule has 3 N–H and O–H groups in total. The molecule has 0 radical (unpaired) electrons. The zero-order valence-corrected chi connectivity index (χ0v) is 12.5. The van der Waals surface area contributed by atoms with Crippen LogP contribution in [0.15, 0.2) is 24.3 Å². The molecule has 0 heterocycles. The molecule has 0 aliphatic carbocycles. The number of carbonyl (C=O) groups is 1. The van der Waals surface area contributed by atoms with E-state index in [2.05, 4.69) is 5.32 Å². The average Bonchev–Trinajstić information content (AvgIpc) is 2.35. The lowest BCUT2D eigenvalue weighted by Gasteiger charge is -2.19. The van der Waals surface area contributed by atoms with Gasteiger partial charge in [0.15, 0.2) is 6.10 Å². The SMILES string of the molecule is CCC(Oc1cccc(C)c1)C(=O)N[C@@H](C)CN.Cl. The van der Waals surface area contributed by atoms with Gasteiger partial charge in [-0.15, -0.1) is 12.4 Å². The van der Waals surface area contributed by atoms with E-state index < -0.39 is 6.10 Å². The third kappa shape index (κ3) is 5.94. The lowest BCUT2D eigenvalue weighted by atomic mass is 10.2. The van der Waals surface area contributed by atoms with Crippen LogP contribution >= 0.6 is 12.4 Å². The maximum absolute atomic E-state index is 11.9. The first-order valence-corrected chi connectivity index (χ1v) is 6.30. The molecule has 0 aliphatic rings. The maximum Gasteiger partial charge on any atom is 0.261 e. The number of nitrogens with one attached hydrogen (secondary N) is 1. The predicted molar refractivity (Wildman–Crippen MR) is 79.8 cm³/mol. The van der Waals surface area contributed by atoms with Gasteiger partial charge in [0.1, 0.15) is 5.75 Å². The van der Waals surface area contributed by atoms with Crippen molar-refractivity contribution < 1.29 is 9.53 Å². The summed E-state index contributed by atoms with van der Waals surface area (Å²) in [5, 5.41) is 2.83. The molecule has 0 aromatic heterocycles. The molecule has 0 saturated carbocycles. The molecule has 4 nitrogen and oxygen atoms in total. The predicted octanol–water partition coefficient (Wildman–Crippen LogP) is 2.04. The fraction of sp³-hybridized carbons (Fsp3) is 0.500. The quantitative estimate of drug-likeness (QED) is 0.841. The summed E-state index contributed by atoms with van der Waals surface area (Å²) in [7, 11) is 0. The van der Waals surface area contributed by atoms with Gasteiger partial charge in [0.05, 0.1) is 0 Å². The molecule has 1 unspecified atom stereocenters. The molecule has 0 saturated heterocycles. The summed E-state index contributed by atoms with van der Waals surface area (Å²) in [4.78, 5) is 11.9. The Hall–Kier alpha value is -1.26. The number of halogens is 1. The second-order valence-electron chi connectivity index (χ2n) is 4.48. The molecule has 1 rings (SSSR count). The molecule has 108 valence electrons. The Balaban J connectivity index is 0.00000324. The molecule has 0 spiro atoms.